The zero-order chi connectivity index (χ0) is 30.5. The fourth-order valence-electron chi connectivity index (χ4n) is 4.77. The number of para-hydroxylation sites is 1. The first-order valence-electron chi connectivity index (χ1n) is 13.0. The van der Waals surface area contributed by atoms with Crippen LogP contribution in [0.15, 0.2) is 65.4 Å². The summed E-state index contributed by atoms with van der Waals surface area (Å²) in [5.41, 5.74) is -1.02. The van der Waals surface area contributed by atoms with Crippen molar-refractivity contribution in [3.63, 3.8) is 0 Å². The summed E-state index contributed by atoms with van der Waals surface area (Å²) in [4.78, 5) is 33.4. The number of aryl methyl sites for hydroxylation is 1. The number of pyridine rings is 1. The van der Waals surface area contributed by atoms with Crippen molar-refractivity contribution in [2.45, 2.75) is 38.0 Å². The van der Waals surface area contributed by atoms with Gasteiger partial charge in [-0.3, -0.25) is 14.6 Å². The number of carbonyl (C=O) groups is 2. The maximum Gasteiger partial charge on any atom is 0.417 e. The highest BCUT2D eigenvalue weighted by atomic mass is 35.5. The second-order valence-corrected chi connectivity index (χ2v) is 10.5. The second-order valence-electron chi connectivity index (χ2n) is 10.1. The van der Waals surface area contributed by atoms with E-state index < -0.39 is 34.9 Å². The second kappa shape index (κ2) is 10.5. The van der Waals surface area contributed by atoms with Crippen LogP contribution in [-0.4, -0.2) is 37.0 Å². The van der Waals surface area contributed by atoms with Gasteiger partial charge >= 0.3 is 6.18 Å². The van der Waals surface area contributed by atoms with Crippen molar-refractivity contribution in [2.24, 2.45) is 0 Å². The van der Waals surface area contributed by atoms with Crippen LogP contribution in [0.5, 0.6) is 0 Å². The van der Waals surface area contributed by atoms with Crippen LogP contribution in [0.25, 0.3) is 28.1 Å². The molecule has 1 saturated carbocycles. The maximum absolute atomic E-state index is 15.4. The van der Waals surface area contributed by atoms with Crippen molar-refractivity contribution in [3.05, 3.63) is 94.3 Å². The SMILES string of the molecule is Cc1nc(-c2c(Cl)c3ccccc3n2-c2ccc(CNC(=O)C3(NC(=O)c4cncc(C(F)(F)F)c4)CC3)c(F)c2)no1. The molecule has 3 aromatic heterocycles. The number of benzene rings is 2. The summed E-state index contributed by atoms with van der Waals surface area (Å²) >= 11 is 6.70. The minimum atomic E-state index is -4.67. The monoisotopic (exact) mass is 612 g/mol. The third-order valence-corrected chi connectivity index (χ3v) is 7.53. The largest absolute Gasteiger partial charge is 0.417 e. The van der Waals surface area contributed by atoms with Crippen molar-refractivity contribution in [3.8, 4) is 17.2 Å². The number of fused-ring (bicyclic) bond motifs is 1. The number of halogens is 5. The Hall–Kier alpha value is -4.78. The fourth-order valence-corrected chi connectivity index (χ4v) is 5.10. The normalized spacial score (nSPS) is 14.1. The molecule has 14 heteroatoms. The molecule has 0 bridgehead atoms. The van der Waals surface area contributed by atoms with E-state index in [-0.39, 0.29) is 36.3 Å². The van der Waals surface area contributed by atoms with Crippen LogP contribution in [0.4, 0.5) is 17.6 Å². The van der Waals surface area contributed by atoms with Gasteiger partial charge in [0.05, 0.1) is 21.7 Å². The van der Waals surface area contributed by atoms with Gasteiger partial charge in [-0.05, 0) is 37.1 Å². The number of aromatic nitrogens is 4. The van der Waals surface area contributed by atoms with Gasteiger partial charge in [0.2, 0.25) is 17.6 Å². The van der Waals surface area contributed by atoms with Gasteiger partial charge in [-0.25, -0.2) is 4.39 Å². The lowest BCUT2D eigenvalue weighted by atomic mass is 10.1. The topological polar surface area (TPSA) is 115 Å². The molecule has 0 spiro atoms. The Kier molecular flexibility index (Phi) is 6.92. The molecule has 2 N–H and O–H groups in total. The van der Waals surface area contributed by atoms with Crippen LogP contribution in [0.3, 0.4) is 0 Å². The molecule has 6 rings (SSSR count). The van der Waals surface area contributed by atoms with Gasteiger partial charge in [0.15, 0.2) is 0 Å². The molecule has 0 saturated heterocycles. The predicted molar refractivity (Wildman–Crippen MR) is 147 cm³/mol. The molecular formula is C29H21ClF4N6O3. The van der Waals surface area contributed by atoms with E-state index in [4.69, 9.17) is 16.1 Å². The molecule has 0 unspecified atom stereocenters. The lowest BCUT2D eigenvalue weighted by Gasteiger charge is -2.18. The van der Waals surface area contributed by atoms with E-state index in [0.717, 1.165) is 6.20 Å². The summed E-state index contributed by atoms with van der Waals surface area (Å²) in [6.07, 6.45) is -2.53. The first kappa shape index (κ1) is 28.3. The Morgan fingerprint density at radius 2 is 1.88 bits per heavy atom. The molecule has 1 aliphatic rings. The zero-order valence-electron chi connectivity index (χ0n) is 22.3. The number of nitrogens with zero attached hydrogens (tertiary/aromatic N) is 4. The molecule has 3 heterocycles. The van der Waals surface area contributed by atoms with E-state index in [0.29, 0.717) is 45.5 Å². The number of nitrogens with one attached hydrogen (secondary N) is 2. The van der Waals surface area contributed by atoms with E-state index in [9.17, 15) is 22.8 Å². The van der Waals surface area contributed by atoms with Crippen molar-refractivity contribution in [1.29, 1.82) is 0 Å². The Labute approximate surface area is 245 Å². The van der Waals surface area contributed by atoms with Crippen LogP contribution in [-0.2, 0) is 17.5 Å². The first-order chi connectivity index (χ1) is 20.5. The standard InChI is InChI=1S/C29H21ClF4N6O3/c1-15-37-25(39-43-15)24-23(30)20-4-2-3-5-22(20)40(24)19-7-6-16(21(31)11-19)13-36-27(42)28(8-9-28)38-26(41)17-10-18(14-35-12-17)29(32,33)34/h2-7,10-12,14H,8-9,13H2,1H3,(H,36,42)(H,38,41). The van der Waals surface area contributed by atoms with Gasteiger partial charge < -0.3 is 19.7 Å². The summed E-state index contributed by atoms with van der Waals surface area (Å²) in [5, 5.41) is 10.2. The van der Waals surface area contributed by atoms with Crippen LogP contribution >= 0.6 is 11.6 Å². The Bertz CT molecular complexity index is 1900. The third-order valence-electron chi connectivity index (χ3n) is 7.15. The maximum atomic E-state index is 15.4. The summed E-state index contributed by atoms with van der Waals surface area (Å²) in [7, 11) is 0. The summed E-state index contributed by atoms with van der Waals surface area (Å²) in [6.45, 7) is 1.44. The number of hydrogen-bond donors (Lipinski definition) is 2. The molecule has 220 valence electrons. The number of amides is 2. The quantitative estimate of drug-likeness (QED) is 0.225. The number of carbonyl (C=O) groups excluding carboxylic acids is 2. The predicted octanol–water partition coefficient (Wildman–Crippen LogP) is 5.77. The van der Waals surface area contributed by atoms with Gasteiger partial charge in [0, 0.05) is 42.5 Å². The van der Waals surface area contributed by atoms with Crippen LogP contribution in [0.1, 0.15) is 40.2 Å². The molecule has 2 amide bonds. The van der Waals surface area contributed by atoms with Gasteiger partial charge in [-0.2, -0.15) is 18.2 Å². The van der Waals surface area contributed by atoms with Crippen molar-refractivity contribution in [1.82, 2.24) is 30.3 Å². The summed E-state index contributed by atoms with van der Waals surface area (Å²) in [6, 6.07) is 12.4. The highest BCUT2D eigenvalue weighted by Crippen LogP contribution is 2.39. The van der Waals surface area contributed by atoms with Gasteiger partial charge in [-0.1, -0.05) is 41.0 Å². The number of alkyl halides is 3. The van der Waals surface area contributed by atoms with Gasteiger partial charge in [-0.15, -0.1) is 0 Å². The Balaban J connectivity index is 1.20. The zero-order valence-corrected chi connectivity index (χ0v) is 23.1. The molecular weight excluding hydrogens is 592 g/mol. The lowest BCUT2D eigenvalue weighted by Crippen LogP contribution is -2.48. The highest BCUT2D eigenvalue weighted by molar-refractivity contribution is 6.38. The molecule has 5 aromatic rings. The van der Waals surface area contributed by atoms with E-state index in [1.165, 1.54) is 12.1 Å². The Morgan fingerprint density at radius 3 is 2.56 bits per heavy atom. The highest BCUT2D eigenvalue weighted by Gasteiger charge is 2.51. The van der Waals surface area contributed by atoms with Crippen LogP contribution in [0, 0.1) is 12.7 Å². The van der Waals surface area contributed by atoms with E-state index in [1.54, 1.807) is 17.6 Å². The molecule has 0 aliphatic heterocycles. The average Bonchev–Trinajstić information content (AvgIpc) is 3.54. The lowest BCUT2D eigenvalue weighted by molar-refractivity contribution is -0.137. The molecule has 1 aliphatic carbocycles. The summed E-state index contributed by atoms with van der Waals surface area (Å²) in [5.74, 6) is -1.51. The first-order valence-corrected chi connectivity index (χ1v) is 13.4. The van der Waals surface area contributed by atoms with E-state index in [2.05, 4.69) is 25.8 Å². The summed E-state index contributed by atoms with van der Waals surface area (Å²) < 4.78 is 61.3. The third kappa shape index (κ3) is 5.31. The molecule has 43 heavy (non-hydrogen) atoms. The Morgan fingerprint density at radius 1 is 1.12 bits per heavy atom. The van der Waals surface area contributed by atoms with Crippen LogP contribution in [0.2, 0.25) is 5.02 Å². The molecule has 0 radical (unpaired) electrons. The van der Waals surface area contributed by atoms with Crippen molar-refractivity contribution >= 4 is 34.3 Å². The van der Waals surface area contributed by atoms with E-state index >= 15 is 4.39 Å². The fraction of sp³-hybridized carbons (Fsp3) is 0.207. The van der Waals surface area contributed by atoms with Gasteiger partial charge in [0.25, 0.3) is 5.91 Å². The minimum absolute atomic E-state index is 0.167. The molecule has 0 atom stereocenters. The molecule has 1 fully saturated rings. The molecule has 2 aromatic carbocycles. The van der Waals surface area contributed by atoms with Crippen molar-refractivity contribution in [2.75, 3.05) is 0 Å². The van der Waals surface area contributed by atoms with E-state index in [1.807, 2.05) is 24.3 Å². The van der Waals surface area contributed by atoms with Gasteiger partial charge in [0.1, 0.15) is 17.1 Å². The smallest absolute Gasteiger partial charge is 0.350 e. The molecule has 9 nitrogen and oxygen atoms in total. The average molecular weight is 613 g/mol. The number of rotatable bonds is 7. The van der Waals surface area contributed by atoms with Crippen molar-refractivity contribution < 1.29 is 31.7 Å². The number of hydrogen-bond acceptors (Lipinski definition) is 6. The minimum Gasteiger partial charge on any atom is -0.350 e. The van der Waals surface area contributed by atoms with Crippen LogP contribution < -0.4 is 10.6 Å².